The lowest BCUT2D eigenvalue weighted by atomic mass is 10.2. The number of pyridine rings is 1. The fourth-order valence-electron chi connectivity index (χ4n) is 2.87. The van der Waals surface area contributed by atoms with Crippen LogP contribution in [-0.4, -0.2) is 58.3 Å². The SMILES string of the molecule is O=C(N1CCN(c2ccc(-c3noc(C4CC4)n3)cn2)CC1)C(F)(F)F. The molecule has 1 saturated heterocycles. The van der Waals surface area contributed by atoms with Gasteiger partial charge in [-0.1, -0.05) is 5.16 Å². The summed E-state index contributed by atoms with van der Waals surface area (Å²) in [5, 5.41) is 3.95. The van der Waals surface area contributed by atoms with Crippen molar-refractivity contribution in [2.24, 2.45) is 0 Å². The van der Waals surface area contributed by atoms with Gasteiger partial charge in [-0.05, 0) is 25.0 Å². The Labute approximate surface area is 146 Å². The van der Waals surface area contributed by atoms with Crippen LogP contribution < -0.4 is 4.90 Å². The van der Waals surface area contributed by atoms with Crippen LogP contribution in [0.2, 0.25) is 0 Å². The zero-order valence-electron chi connectivity index (χ0n) is 13.7. The summed E-state index contributed by atoms with van der Waals surface area (Å²) in [7, 11) is 0. The maximum Gasteiger partial charge on any atom is 0.471 e. The highest BCUT2D eigenvalue weighted by Gasteiger charge is 2.43. The normalized spacial score (nSPS) is 18.3. The summed E-state index contributed by atoms with van der Waals surface area (Å²) >= 11 is 0. The van der Waals surface area contributed by atoms with E-state index in [1.807, 2.05) is 4.90 Å². The van der Waals surface area contributed by atoms with E-state index in [1.54, 1.807) is 18.3 Å². The standard InChI is InChI=1S/C16H16F3N5O2/c17-16(18,19)15(25)24-7-5-23(6-8-24)12-4-3-11(9-20-12)13-21-14(26-22-13)10-1-2-10/h3-4,9-10H,1-2,5-8H2. The third-order valence-corrected chi connectivity index (χ3v) is 4.51. The van der Waals surface area contributed by atoms with Crippen LogP contribution in [0.25, 0.3) is 11.4 Å². The molecule has 0 bridgehead atoms. The van der Waals surface area contributed by atoms with E-state index in [0.29, 0.717) is 36.5 Å². The molecule has 0 unspecified atom stereocenters. The first-order valence-corrected chi connectivity index (χ1v) is 8.33. The largest absolute Gasteiger partial charge is 0.471 e. The molecule has 26 heavy (non-hydrogen) atoms. The lowest BCUT2D eigenvalue weighted by Crippen LogP contribution is -2.52. The van der Waals surface area contributed by atoms with Gasteiger partial charge in [-0.2, -0.15) is 18.2 Å². The van der Waals surface area contributed by atoms with Crippen molar-refractivity contribution in [1.29, 1.82) is 0 Å². The molecule has 1 amide bonds. The smallest absolute Gasteiger partial charge is 0.353 e. The van der Waals surface area contributed by atoms with E-state index in [0.717, 1.165) is 23.3 Å². The number of hydrogen-bond acceptors (Lipinski definition) is 6. The molecule has 10 heteroatoms. The predicted molar refractivity (Wildman–Crippen MR) is 84.4 cm³/mol. The topological polar surface area (TPSA) is 75.4 Å². The first kappa shape index (κ1) is 16.8. The molecule has 7 nitrogen and oxygen atoms in total. The molecule has 138 valence electrons. The van der Waals surface area contributed by atoms with Gasteiger partial charge in [0, 0.05) is 43.9 Å². The van der Waals surface area contributed by atoms with Gasteiger partial charge in [0.2, 0.25) is 11.7 Å². The highest BCUT2D eigenvalue weighted by atomic mass is 19.4. The van der Waals surface area contributed by atoms with Gasteiger partial charge in [0.25, 0.3) is 0 Å². The third-order valence-electron chi connectivity index (χ3n) is 4.51. The van der Waals surface area contributed by atoms with Crippen LogP contribution in [0.15, 0.2) is 22.9 Å². The molecule has 2 aromatic heterocycles. The summed E-state index contributed by atoms with van der Waals surface area (Å²) in [5.74, 6) is 0.350. The van der Waals surface area contributed by atoms with Gasteiger partial charge < -0.3 is 14.3 Å². The Bertz CT molecular complexity index is 793. The third kappa shape index (κ3) is 3.35. The summed E-state index contributed by atoms with van der Waals surface area (Å²) < 4.78 is 42.7. The number of rotatable bonds is 3. The van der Waals surface area contributed by atoms with Crippen molar-refractivity contribution in [1.82, 2.24) is 20.0 Å². The van der Waals surface area contributed by atoms with E-state index in [-0.39, 0.29) is 13.1 Å². The number of amides is 1. The average Bonchev–Trinajstić information content (AvgIpc) is 3.38. The van der Waals surface area contributed by atoms with Gasteiger partial charge in [0.1, 0.15) is 5.82 Å². The molecule has 2 fully saturated rings. The van der Waals surface area contributed by atoms with E-state index >= 15 is 0 Å². The van der Waals surface area contributed by atoms with E-state index in [4.69, 9.17) is 4.52 Å². The monoisotopic (exact) mass is 367 g/mol. The molecule has 0 aromatic carbocycles. The highest BCUT2D eigenvalue weighted by molar-refractivity contribution is 5.82. The quantitative estimate of drug-likeness (QED) is 0.828. The Balaban J connectivity index is 1.39. The molecule has 0 radical (unpaired) electrons. The van der Waals surface area contributed by atoms with E-state index in [2.05, 4.69) is 15.1 Å². The molecule has 2 aliphatic rings. The van der Waals surface area contributed by atoms with Crippen molar-refractivity contribution in [3.63, 3.8) is 0 Å². The molecular weight excluding hydrogens is 351 g/mol. The van der Waals surface area contributed by atoms with Crippen molar-refractivity contribution in [2.45, 2.75) is 24.9 Å². The Morgan fingerprint density at radius 3 is 2.46 bits per heavy atom. The van der Waals surface area contributed by atoms with Gasteiger partial charge in [-0.15, -0.1) is 0 Å². The summed E-state index contributed by atoms with van der Waals surface area (Å²) in [6.07, 6.45) is -1.07. The minimum Gasteiger partial charge on any atom is -0.353 e. The van der Waals surface area contributed by atoms with Crippen LogP contribution in [0.4, 0.5) is 19.0 Å². The predicted octanol–water partition coefficient (Wildman–Crippen LogP) is 2.22. The summed E-state index contributed by atoms with van der Waals surface area (Å²) in [4.78, 5) is 22.6. The number of alkyl halides is 3. The van der Waals surface area contributed by atoms with E-state index in [1.165, 1.54) is 0 Å². The second-order valence-corrected chi connectivity index (χ2v) is 6.41. The molecule has 0 N–H and O–H groups in total. The highest BCUT2D eigenvalue weighted by Crippen LogP contribution is 2.39. The maximum absolute atomic E-state index is 12.5. The Kier molecular flexibility index (Phi) is 4.04. The summed E-state index contributed by atoms with van der Waals surface area (Å²) in [5.41, 5.74) is 0.718. The van der Waals surface area contributed by atoms with Crippen LogP contribution in [-0.2, 0) is 4.79 Å². The van der Waals surface area contributed by atoms with Crippen molar-refractivity contribution in [3.8, 4) is 11.4 Å². The van der Waals surface area contributed by atoms with Crippen LogP contribution >= 0.6 is 0 Å². The van der Waals surface area contributed by atoms with Gasteiger partial charge in [-0.25, -0.2) is 4.98 Å². The second kappa shape index (κ2) is 6.26. The Morgan fingerprint density at radius 1 is 1.15 bits per heavy atom. The maximum atomic E-state index is 12.5. The lowest BCUT2D eigenvalue weighted by Gasteiger charge is -2.35. The summed E-state index contributed by atoms with van der Waals surface area (Å²) in [6, 6.07) is 3.57. The zero-order valence-corrected chi connectivity index (χ0v) is 13.7. The van der Waals surface area contributed by atoms with Gasteiger partial charge in [0.05, 0.1) is 0 Å². The van der Waals surface area contributed by atoms with Crippen LogP contribution in [0, 0.1) is 0 Å². The molecular formula is C16H16F3N5O2. The van der Waals surface area contributed by atoms with E-state index in [9.17, 15) is 18.0 Å². The molecule has 2 aromatic rings. The number of carbonyl (C=O) groups excluding carboxylic acids is 1. The first-order valence-electron chi connectivity index (χ1n) is 8.33. The van der Waals surface area contributed by atoms with Crippen LogP contribution in [0.3, 0.4) is 0 Å². The van der Waals surface area contributed by atoms with Crippen molar-refractivity contribution in [3.05, 3.63) is 24.2 Å². The van der Waals surface area contributed by atoms with Crippen molar-refractivity contribution < 1.29 is 22.5 Å². The molecule has 1 aliphatic carbocycles. The van der Waals surface area contributed by atoms with Gasteiger partial charge in [0.15, 0.2) is 0 Å². The molecule has 4 rings (SSSR count). The van der Waals surface area contributed by atoms with Crippen LogP contribution in [0.5, 0.6) is 0 Å². The van der Waals surface area contributed by atoms with Crippen LogP contribution in [0.1, 0.15) is 24.7 Å². The minimum atomic E-state index is -4.83. The second-order valence-electron chi connectivity index (χ2n) is 6.41. The number of piperazine rings is 1. The number of nitrogens with zero attached hydrogens (tertiary/aromatic N) is 5. The fraction of sp³-hybridized carbons (Fsp3) is 0.500. The van der Waals surface area contributed by atoms with Crippen molar-refractivity contribution >= 4 is 11.7 Å². The van der Waals surface area contributed by atoms with E-state index < -0.39 is 12.1 Å². The lowest BCUT2D eigenvalue weighted by molar-refractivity contribution is -0.185. The summed E-state index contributed by atoms with van der Waals surface area (Å²) in [6.45, 7) is 0.610. The Hall–Kier alpha value is -2.65. The zero-order chi connectivity index (χ0) is 18.3. The van der Waals surface area contributed by atoms with Gasteiger partial charge in [-0.3, -0.25) is 4.79 Å². The number of carbonyl (C=O) groups is 1. The number of anilines is 1. The molecule has 1 aliphatic heterocycles. The fourth-order valence-corrected chi connectivity index (χ4v) is 2.87. The average molecular weight is 367 g/mol. The number of hydrogen-bond donors (Lipinski definition) is 0. The Morgan fingerprint density at radius 2 is 1.88 bits per heavy atom. The minimum absolute atomic E-state index is 0.0113. The molecule has 0 spiro atoms. The molecule has 3 heterocycles. The van der Waals surface area contributed by atoms with Gasteiger partial charge >= 0.3 is 12.1 Å². The number of aromatic nitrogens is 3. The molecule has 0 atom stereocenters. The molecule has 1 saturated carbocycles. The first-order chi connectivity index (χ1) is 12.4. The number of halogens is 3. The van der Waals surface area contributed by atoms with Crippen molar-refractivity contribution in [2.75, 3.05) is 31.1 Å².